The number of thioether (sulfide) groups is 1. The highest BCUT2D eigenvalue weighted by Crippen LogP contribution is 2.33. The van der Waals surface area contributed by atoms with Crippen molar-refractivity contribution < 1.29 is 0 Å². The third kappa shape index (κ3) is 2.87. The third-order valence-corrected chi connectivity index (χ3v) is 5.47. The Bertz CT molecular complexity index is 367. The lowest BCUT2D eigenvalue weighted by molar-refractivity contribution is 0.307. The van der Waals surface area contributed by atoms with E-state index < -0.39 is 0 Å². The van der Waals surface area contributed by atoms with Gasteiger partial charge in [0, 0.05) is 5.75 Å². The van der Waals surface area contributed by atoms with Crippen molar-refractivity contribution in [1.82, 2.24) is 20.2 Å². The first-order valence-corrected chi connectivity index (χ1v) is 8.33. The summed E-state index contributed by atoms with van der Waals surface area (Å²) in [6.45, 7) is 0. The van der Waals surface area contributed by atoms with Gasteiger partial charge in [-0.3, -0.25) is 0 Å². The van der Waals surface area contributed by atoms with Gasteiger partial charge < -0.3 is 0 Å². The molecule has 0 unspecified atom stereocenters. The molecule has 2 aliphatic carbocycles. The summed E-state index contributed by atoms with van der Waals surface area (Å²) in [6.07, 6.45) is 12.2. The van der Waals surface area contributed by atoms with E-state index in [9.17, 15) is 0 Å². The van der Waals surface area contributed by atoms with E-state index in [0.29, 0.717) is 6.04 Å². The first-order chi connectivity index (χ1) is 8.93. The molecule has 2 aliphatic rings. The third-order valence-electron chi connectivity index (χ3n) is 4.31. The van der Waals surface area contributed by atoms with Crippen LogP contribution in [0.5, 0.6) is 0 Å². The summed E-state index contributed by atoms with van der Waals surface area (Å²) in [5.74, 6) is 2.10. The van der Waals surface area contributed by atoms with Crippen LogP contribution in [0.3, 0.4) is 0 Å². The largest absolute Gasteiger partial charge is 0.217 e. The van der Waals surface area contributed by atoms with Gasteiger partial charge >= 0.3 is 0 Å². The van der Waals surface area contributed by atoms with Gasteiger partial charge in [0.05, 0.1) is 6.04 Å². The van der Waals surface area contributed by atoms with Crippen molar-refractivity contribution in [1.29, 1.82) is 0 Å². The van der Waals surface area contributed by atoms with Gasteiger partial charge in [-0.1, -0.05) is 43.9 Å². The van der Waals surface area contributed by atoms with Gasteiger partial charge in [0.2, 0.25) is 5.16 Å². The second kappa shape index (κ2) is 6.04. The topological polar surface area (TPSA) is 43.6 Å². The number of rotatable bonds is 4. The van der Waals surface area contributed by atoms with Crippen molar-refractivity contribution in [2.45, 2.75) is 69.0 Å². The van der Waals surface area contributed by atoms with Crippen molar-refractivity contribution in [2.75, 3.05) is 5.75 Å². The molecule has 100 valence electrons. The summed E-state index contributed by atoms with van der Waals surface area (Å²) in [4.78, 5) is 0. The Kier molecular flexibility index (Phi) is 4.18. The van der Waals surface area contributed by atoms with Gasteiger partial charge in [0.25, 0.3) is 0 Å². The van der Waals surface area contributed by atoms with Crippen molar-refractivity contribution in [3.05, 3.63) is 0 Å². The molecule has 0 bridgehead atoms. The molecule has 0 aliphatic heterocycles. The molecule has 0 radical (unpaired) electrons. The van der Waals surface area contributed by atoms with Gasteiger partial charge in [-0.2, -0.15) is 0 Å². The number of hydrogen-bond acceptors (Lipinski definition) is 4. The normalized spacial score (nSPS) is 22.7. The average Bonchev–Trinajstić information content (AvgIpc) is 3.09. The highest BCUT2D eigenvalue weighted by Gasteiger charge is 2.22. The van der Waals surface area contributed by atoms with Crippen LogP contribution in [0.2, 0.25) is 0 Å². The van der Waals surface area contributed by atoms with E-state index in [1.165, 1.54) is 63.5 Å². The standard InChI is InChI=1S/C13H22N4S/c1-2-8-12(9-3-1)17-13(14-15-16-17)18-10-11-6-4-5-7-11/h11-12H,1-10H2. The Morgan fingerprint density at radius 1 is 1.00 bits per heavy atom. The smallest absolute Gasteiger partial charge is 0.209 e. The van der Waals surface area contributed by atoms with E-state index in [2.05, 4.69) is 20.2 Å². The molecule has 0 atom stereocenters. The summed E-state index contributed by atoms with van der Waals surface area (Å²) in [7, 11) is 0. The molecular weight excluding hydrogens is 244 g/mol. The molecule has 0 N–H and O–H groups in total. The summed E-state index contributed by atoms with van der Waals surface area (Å²) < 4.78 is 2.10. The maximum atomic E-state index is 4.22. The molecule has 1 aromatic rings. The quantitative estimate of drug-likeness (QED) is 0.783. The van der Waals surface area contributed by atoms with Crippen LogP contribution < -0.4 is 0 Å². The zero-order valence-corrected chi connectivity index (χ0v) is 11.7. The van der Waals surface area contributed by atoms with Crippen LogP contribution in [0.1, 0.15) is 63.8 Å². The van der Waals surface area contributed by atoms with E-state index in [1.54, 1.807) is 0 Å². The SMILES string of the molecule is C1CCC(n2nnnc2SCC2CCCC2)CC1. The maximum absolute atomic E-state index is 4.22. The van der Waals surface area contributed by atoms with Crippen LogP contribution in [0, 0.1) is 5.92 Å². The first-order valence-electron chi connectivity index (χ1n) is 7.34. The van der Waals surface area contributed by atoms with E-state index in [1.807, 2.05) is 11.8 Å². The molecule has 5 heteroatoms. The fraction of sp³-hybridized carbons (Fsp3) is 0.923. The minimum Gasteiger partial charge on any atom is -0.217 e. The Labute approximate surface area is 113 Å². The maximum Gasteiger partial charge on any atom is 0.209 e. The number of tetrazole rings is 1. The molecule has 1 aromatic heterocycles. The molecule has 2 saturated carbocycles. The average molecular weight is 266 g/mol. The summed E-state index contributed by atoms with van der Waals surface area (Å²) in [5, 5.41) is 13.4. The highest BCUT2D eigenvalue weighted by molar-refractivity contribution is 7.99. The van der Waals surface area contributed by atoms with Crippen molar-refractivity contribution in [2.24, 2.45) is 5.92 Å². The van der Waals surface area contributed by atoms with Gasteiger partial charge in [-0.15, -0.1) is 5.10 Å². The minimum atomic E-state index is 0.555. The number of nitrogens with zero attached hydrogens (tertiary/aromatic N) is 4. The van der Waals surface area contributed by atoms with E-state index in [4.69, 9.17) is 0 Å². The van der Waals surface area contributed by atoms with Crippen LogP contribution in [-0.2, 0) is 0 Å². The number of aromatic nitrogens is 4. The predicted molar refractivity (Wildman–Crippen MR) is 72.6 cm³/mol. The van der Waals surface area contributed by atoms with Gasteiger partial charge in [-0.05, 0) is 42.0 Å². The summed E-state index contributed by atoms with van der Waals surface area (Å²) >= 11 is 1.87. The second-order valence-corrected chi connectivity index (χ2v) is 6.65. The second-order valence-electron chi connectivity index (χ2n) is 5.66. The molecule has 3 rings (SSSR count). The fourth-order valence-electron chi connectivity index (χ4n) is 3.20. The fourth-order valence-corrected chi connectivity index (χ4v) is 4.33. The van der Waals surface area contributed by atoms with Crippen molar-refractivity contribution >= 4 is 11.8 Å². The lowest BCUT2D eigenvalue weighted by Crippen LogP contribution is -2.15. The molecule has 1 heterocycles. The minimum absolute atomic E-state index is 0.555. The van der Waals surface area contributed by atoms with Gasteiger partial charge in [-0.25, -0.2) is 4.68 Å². The molecule has 0 amide bonds. The highest BCUT2D eigenvalue weighted by atomic mass is 32.2. The molecule has 0 saturated heterocycles. The Balaban J connectivity index is 1.59. The van der Waals surface area contributed by atoms with E-state index >= 15 is 0 Å². The monoisotopic (exact) mass is 266 g/mol. The lowest BCUT2D eigenvalue weighted by Gasteiger charge is -2.22. The first kappa shape index (κ1) is 12.5. The Morgan fingerprint density at radius 3 is 2.50 bits per heavy atom. The zero-order valence-electron chi connectivity index (χ0n) is 10.9. The van der Waals surface area contributed by atoms with Crippen molar-refractivity contribution in [3.8, 4) is 0 Å². The molecule has 0 aromatic carbocycles. The summed E-state index contributed by atoms with van der Waals surface area (Å²) in [6, 6.07) is 0.555. The van der Waals surface area contributed by atoms with Crippen molar-refractivity contribution in [3.63, 3.8) is 0 Å². The van der Waals surface area contributed by atoms with Crippen LogP contribution >= 0.6 is 11.8 Å². The molecular formula is C13H22N4S. The molecule has 0 spiro atoms. The Hall–Kier alpha value is -0.580. The predicted octanol–water partition coefficient (Wildman–Crippen LogP) is 3.46. The van der Waals surface area contributed by atoms with Gasteiger partial charge in [0.15, 0.2) is 0 Å². The van der Waals surface area contributed by atoms with Gasteiger partial charge in [0.1, 0.15) is 0 Å². The summed E-state index contributed by atoms with van der Waals surface area (Å²) in [5.41, 5.74) is 0. The Morgan fingerprint density at radius 2 is 1.72 bits per heavy atom. The number of hydrogen-bond donors (Lipinski definition) is 0. The molecule has 2 fully saturated rings. The van der Waals surface area contributed by atoms with Crippen LogP contribution in [0.25, 0.3) is 0 Å². The zero-order chi connectivity index (χ0) is 12.2. The lowest BCUT2D eigenvalue weighted by atomic mass is 9.96. The molecule has 4 nitrogen and oxygen atoms in total. The van der Waals surface area contributed by atoms with Crippen LogP contribution in [-0.4, -0.2) is 26.0 Å². The van der Waals surface area contributed by atoms with E-state index in [-0.39, 0.29) is 0 Å². The van der Waals surface area contributed by atoms with Crippen LogP contribution in [0.4, 0.5) is 0 Å². The van der Waals surface area contributed by atoms with Crippen LogP contribution in [0.15, 0.2) is 5.16 Å². The van der Waals surface area contributed by atoms with E-state index in [0.717, 1.165) is 11.1 Å². The molecule has 18 heavy (non-hydrogen) atoms.